The van der Waals surface area contributed by atoms with Gasteiger partial charge in [-0.05, 0) is 60.4 Å². The molecule has 7 nitrogen and oxygen atoms in total. The van der Waals surface area contributed by atoms with E-state index in [-0.39, 0.29) is 17.6 Å². The summed E-state index contributed by atoms with van der Waals surface area (Å²) in [5.74, 6) is 0.521. The molecule has 8 heteroatoms. The molecule has 3 aromatic rings. The number of esters is 1. The number of carbonyl (C=O) groups is 3. The molecule has 0 N–H and O–H groups in total. The molecule has 0 aromatic heterocycles. The van der Waals surface area contributed by atoms with Crippen LogP contribution < -0.4 is 14.4 Å². The number of methoxy groups -OCH3 is 2. The fourth-order valence-corrected chi connectivity index (χ4v) is 4.55. The van der Waals surface area contributed by atoms with Gasteiger partial charge in [0.05, 0.1) is 14.2 Å². The number of amides is 1. The van der Waals surface area contributed by atoms with Crippen LogP contribution in [-0.2, 0) is 32.1 Å². The third-order valence-electron chi connectivity index (χ3n) is 5.96. The summed E-state index contributed by atoms with van der Waals surface area (Å²) in [6.07, 6.45) is 1.23. The van der Waals surface area contributed by atoms with E-state index in [1.165, 1.54) is 18.9 Å². The Kier molecular flexibility index (Phi) is 11.2. The van der Waals surface area contributed by atoms with Crippen LogP contribution in [0.3, 0.4) is 0 Å². The van der Waals surface area contributed by atoms with E-state index in [2.05, 4.69) is 0 Å². The number of hydrogen-bond donors (Lipinski definition) is 0. The molecule has 1 amide bonds. The number of anilines is 1. The topological polar surface area (TPSA) is 82.1 Å². The molecule has 0 aliphatic rings. The van der Waals surface area contributed by atoms with E-state index in [1.54, 1.807) is 31.4 Å². The van der Waals surface area contributed by atoms with E-state index in [0.29, 0.717) is 36.6 Å². The average molecular weight is 536 g/mol. The number of benzene rings is 3. The van der Waals surface area contributed by atoms with Gasteiger partial charge in [-0.25, -0.2) is 0 Å². The summed E-state index contributed by atoms with van der Waals surface area (Å²) in [5.41, 5.74) is 2.65. The predicted molar refractivity (Wildman–Crippen MR) is 150 cm³/mol. The molecule has 38 heavy (non-hydrogen) atoms. The lowest BCUT2D eigenvalue weighted by atomic mass is 9.99. The molecular weight excluding hydrogens is 502 g/mol. The normalized spacial score (nSPS) is 11.3. The molecule has 0 unspecified atom stereocenters. The Morgan fingerprint density at radius 2 is 1.50 bits per heavy atom. The summed E-state index contributed by atoms with van der Waals surface area (Å²) in [5, 5.41) is -0.0552. The standard InChI is InChI=1S/C30H33NO6S/c1-22(32)38-21-25(12-9-23-7-5-4-6-8-23)30(34)31(19-29(33)36-3)26-13-17-28(18-14-26)37-20-24-10-15-27(35-2)16-11-24/h4-8,10-11,13-18,25H,9,12,19-21H2,1-3H3/t25-/m0/s1. The van der Waals surface area contributed by atoms with Gasteiger partial charge in [-0.1, -0.05) is 54.2 Å². The fraction of sp³-hybridized carbons (Fsp3) is 0.300. The Labute approximate surface area is 228 Å². The average Bonchev–Trinajstić information content (AvgIpc) is 2.95. The predicted octanol–water partition coefficient (Wildman–Crippen LogP) is 5.31. The van der Waals surface area contributed by atoms with Crippen molar-refractivity contribution in [2.45, 2.75) is 26.4 Å². The summed E-state index contributed by atoms with van der Waals surface area (Å²) in [6, 6.07) is 24.5. The van der Waals surface area contributed by atoms with Crippen LogP contribution in [0.4, 0.5) is 5.69 Å². The van der Waals surface area contributed by atoms with Gasteiger partial charge in [0.2, 0.25) is 5.91 Å². The molecule has 3 aromatic carbocycles. The summed E-state index contributed by atoms with van der Waals surface area (Å²) < 4.78 is 15.9. The first-order valence-electron chi connectivity index (χ1n) is 12.3. The number of aryl methyl sites for hydroxylation is 1. The van der Waals surface area contributed by atoms with E-state index < -0.39 is 11.9 Å². The van der Waals surface area contributed by atoms with E-state index in [4.69, 9.17) is 14.2 Å². The lowest BCUT2D eigenvalue weighted by Crippen LogP contribution is -2.41. The Hall–Kier alpha value is -3.78. The maximum absolute atomic E-state index is 13.7. The Morgan fingerprint density at radius 1 is 0.842 bits per heavy atom. The summed E-state index contributed by atoms with van der Waals surface area (Å²) >= 11 is 1.12. The molecule has 1 atom stereocenters. The van der Waals surface area contributed by atoms with Crippen molar-refractivity contribution in [2.24, 2.45) is 5.92 Å². The first kappa shape index (κ1) is 28.8. The minimum atomic E-state index is -0.529. The number of rotatable bonds is 13. The minimum Gasteiger partial charge on any atom is -0.497 e. The second-order valence-corrected chi connectivity index (χ2v) is 9.85. The highest BCUT2D eigenvalue weighted by Gasteiger charge is 2.28. The first-order valence-corrected chi connectivity index (χ1v) is 13.3. The van der Waals surface area contributed by atoms with Gasteiger partial charge in [-0.3, -0.25) is 14.4 Å². The second-order valence-electron chi connectivity index (χ2n) is 8.65. The highest BCUT2D eigenvalue weighted by molar-refractivity contribution is 8.13. The number of ether oxygens (including phenoxy) is 3. The van der Waals surface area contributed by atoms with Crippen molar-refractivity contribution < 1.29 is 28.6 Å². The SMILES string of the molecule is COC(=O)CN(C(=O)[C@@H](CCc1ccccc1)CSC(C)=O)c1ccc(OCc2ccc(OC)cc2)cc1. The van der Waals surface area contributed by atoms with Crippen molar-refractivity contribution in [3.8, 4) is 11.5 Å². The number of carbonyl (C=O) groups excluding carboxylic acids is 3. The molecule has 0 heterocycles. The zero-order valence-electron chi connectivity index (χ0n) is 21.9. The molecule has 0 fully saturated rings. The minimum absolute atomic E-state index is 0.0552. The third-order valence-corrected chi connectivity index (χ3v) is 6.93. The third kappa shape index (κ3) is 8.95. The summed E-state index contributed by atoms with van der Waals surface area (Å²) in [7, 11) is 2.91. The molecular formula is C30H33NO6S. The van der Waals surface area contributed by atoms with Gasteiger partial charge < -0.3 is 19.1 Å². The molecule has 0 aliphatic heterocycles. The molecule has 0 saturated carbocycles. The van der Waals surface area contributed by atoms with Crippen LogP contribution in [0.15, 0.2) is 78.9 Å². The highest BCUT2D eigenvalue weighted by Crippen LogP contribution is 2.25. The number of nitrogens with zero attached hydrogens (tertiary/aromatic N) is 1. The zero-order valence-corrected chi connectivity index (χ0v) is 22.7. The van der Waals surface area contributed by atoms with Gasteiger partial charge in [-0.2, -0.15) is 0 Å². The zero-order chi connectivity index (χ0) is 27.3. The molecule has 0 bridgehead atoms. The van der Waals surface area contributed by atoms with E-state index in [9.17, 15) is 14.4 Å². The maximum atomic E-state index is 13.7. The molecule has 3 rings (SSSR count). The van der Waals surface area contributed by atoms with Crippen molar-refractivity contribution in [1.82, 2.24) is 0 Å². The van der Waals surface area contributed by atoms with Gasteiger partial charge >= 0.3 is 5.97 Å². The lowest BCUT2D eigenvalue weighted by Gasteiger charge is -2.27. The van der Waals surface area contributed by atoms with Crippen LogP contribution in [0, 0.1) is 5.92 Å². The van der Waals surface area contributed by atoms with Gasteiger partial charge in [0, 0.05) is 24.3 Å². The summed E-state index contributed by atoms with van der Waals surface area (Å²) in [4.78, 5) is 39.1. The molecule has 0 saturated heterocycles. The van der Waals surface area contributed by atoms with E-state index >= 15 is 0 Å². The Balaban J connectivity index is 1.75. The van der Waals surface area contributed by atoms with Crippen LogP contribution in [0.5, 0.6) is 11.5 Å². The van der Waals surface area contributed by atoms with Crippen LogP contribution in [-0.4, -0.2) is 43.5 Å². The molecule has 200 valence electrons. The van der Waals surface area contributed by atoms with Gasteiger partial charge in [0.15, 0.2) is 5.12 Å². The molecule has 0 radical (unpaired) electrons. The Bertz CT molecular complexity index is 1180. The quantitative estimate of drug-likeness (QED) is 0.274. The first-order chi connectivity index (χ1) is 18.4. The van der Waals surface area contributed by atoms with Crippen LogP contribution in [0.2, 0.25) is 0 Å². The van der Waals surface area contributed by atoms with Gasteiger partial charge in [-0.15, -0.1) is 0 Å². The van der Waals surface area contributed by atoms with Gasteiger partial charge in [0.25, 0.3) is 0 Å². The van der Waals surface area contributed by atoms with Crippen molar-refractivity contribution in [3.05, 3.63) is 90.0 Å². The number of hydrogen-bond acceptors (Lipinski definition) is 7. The van der Waals surface area contributed by atoms with Crippen LogP contribution in [0.25, 0.3) is 0 Å². The van der Waals surface area contributed by atoms with Crippen molar-refractivity contribution >= 4 is 34.4 Å². The van der Waals surface area contributed by atoms with Crippen LogP contribution >= 0.6 is 11.8 Å². The molecule has 0 spiro atoms. The van der Waals surface area contributed by atoms with Crippen molar-refractivity contribution in [1.29, 1.82) is 0 Å². The maximum Gasteiger partial charge on any atom is 0.325 e. The van der Waals surface area contributed by atoms with Crippen molar-refractivity contribution in [2.75, 3.05) is 31.4 Å². The monoisotopic (exact) mass is 535 g/mol. The number of thioether (sulfide) groups is 1. The largest absolute Gasteiger partial charge is 0.497 e. The van der Waals surface area contributed by atoms with E-state index in [0.717, 1.165) is 28.6 Å². The second kappa shape index (κ2) is 14.8. The van der Waals surface area contributed by atoms with Gasteiger partial charge in [0.1, 0.15) is 24.7 Å². The fourth-order valence-electron chi connectivity index (χ4n) is 3.80. The van der Waals surface area contributed by atoms with Crippen LogP contribution in [0.1, 0.15) is 24.5 Å². The highest BCUT2D eigenvalue weighted by atomic mass is 32.2. The van der Waals surface area contributed by atoms with Crippen molar-refractivity contribution in [3.63, 3.8) is 0 Å². The van der Waals surface area contributed by atoms with E-state index in [1.807, 2.05) is 54.6 Å². The molecule has 0 aliphatic carbocycles. The lowest BCUT2D eigenvalue weighted by molar-refractivity contribution is -0.140. The summed E-state index contributed by atoms with van der Waals surface area (Å²) in [6.45, 7) is 1.63. The Morgan fingerprint density at radius 3 is 2.11 bits per heavy atom. The smallest absolute Gasteiger partial charge is 0.325 e.